The maximum atomic E-state index is 12.9. The van der Waals surface area contributed by atoms with Gasteiger partial charge in [-0.3, -0.25) is 15.1 Å². The van der Waals surface area contributed by atoms with Crippen LogP contribution in [0.3, 0.4) is 0 Å². The zero-order chi connectivity index (χ0) is 13.1. The summed E-state index contributed by atoms with van der Waals surface area (Å²) in [4.78, 5) is 13.5. The summed E-state index contributed by atoms with van der Waals surface area (Å²) in [6.07, 6.45) is 2.25. The number of nitrogens with one attached hydrogen (secondary N) is 1. The quantitative estimate of drug-likeness (QED) is 0.638. The summed E-state index contributed by atoms with van der Waals surface area (Å²) in [6.45, 7) is -1.62. The molecule has 0 aromatic carbocycles. The van der Waals surface area contributed by atoms with Crippen molar-refractivity contribution in [2.45, 2.75) is 5.92 Å². The van der Waals surface area contributed by atoms with Crippen LogP contribution in [0.5, 0.6) is 0 Å². The number of pyridine rings is 1. The summed E-state index contributed by atoms with van der Waals surface area (Å²) in [5, 5.41) is 13.0. The van der Waals surface area contributed by atoms with Crippen LogP contribution in [0.2, 0.25) is 0 Å². The molecule has 0 aliphatic heterocycles. The molecule has 0 radical (unpaired) electrons. The van der Waals surface area contributed by atoms with E-state index >= 15 is 0 Å². The molecule has 0 fully saturated rings. The van der Waals surface area contributed by atoms with Crippen molar-refractivity contribution < 1.29 is 13.7 Å². The molecular weight excluding hydrogens is 302 g/mol. The number of anilines is 1. The molecule has 0 unspecified atom stereocenters. The third-order valence-corrected chi connectivity index (χ3v) is 2.50. The number of nitro groups is 1. The molecule has 3 N–H and O–H groups in total. The highest BCUT2D eigenvalue weighted by Crippen LogP contribution is 2.31. The Labute approximate surface area is 103 Å². The van der Waals surface area contributed by atoms with E-state index in [1.165, 1.54) is 6.20 Å². The lowest BCUT2D eigenvalue weighted by Crippen LogP contribution is -2.35. The first kappa shape index (κ1) is 13.7. The summed E-state index contributed by atoms with van der Waals surface area (Å²) >= 11 is 3.00. The predicted octanol–water partition coefficient (Wildman–Crippen LogP) is 1.76. The number of nitrogens with zero attached hydrogens (tertiary/aromatic N) is 2. The van der Waals surface area contributed by atoms with E-state index < -0.39 is 23.9 Å². The fraction of sp³-hybridized carbons (Fsp3) is 0.375. The summed E-state index contributed by atoms with van der Waals surface area (Å²) in [5.74, 6) is -3.13. The second kappa shape index (κ2) is 5.32. The molecule has 1 heterocycles. The van der Waals surface area contributed by atoms with Gasteiger partial charge < -0.3 is 11.1 Å². The average Bonchev–Trinajstić information content (AvgIpc) is 2.27. The van der Waals surface area contributed by atoms with E-state index in [2.05, 4.69) is 26.2 Å². The fourth-order valence-corrected chi connectivity index (χ4v) is 1.49. The van der Waals surface area contributed by atoms with E-state index in [1.807, 2.05) is 0 Å². The molecule has 0 amide bonds. The zero-order valence-electron chi connectivity index (χ0n) is 8.49. The van der Waals surface area contributed by atoms with Crippen molar-refractivity contribution in [3.63, 3.8) is 0 Å². The van der Waals surface area contributed by atoms with E-state index in [0.29, 0.717) is 0 Å². The van der Waals surface area contributed by atoms with Crippen LogP contribution in [0.15, 0.2) is 16.9 Å². The number of nitrogens with two attached hydrogens (primary N) is 1. The highest BCUT2D eigenvalue weighted by Gasteiger charge is 2.28. The van der Waals surface area contributed by atoms with Crippen molar-refractivity contribution in [1.29, 1.82) is 0 Å². The van der Waals surface area contributed by atoms with Gasteiger partial charge in [0.05, 0.1) is 22.5 Å². The van der Waals surface area contributed by atoms with Crippen LogP contribution in [-0.4, -0.2) is 28.9 Å². The van der Waals surface area contributed by atoms with Gasteiger partial charge in [0.15, 0.2) is 0 Å². The van der Waals surface area contributed by atoms with Gasteiger partial charge in [0.25, 0.3) is 5.92 Å². The summed E-state index contributed by atoms with van der Waals surface area (Å²) in [6, 6.07) is 0. The van der Waals surface area contributed by atoms with Crippen molar-refractivity contribution in [2.24, 2.45) is 5.73 Å². The van der Waals surface area contributed by atoms with Gasteiger partial charge in [-0.1, -0.05) is 0 Å². The molecule has 0 aliphatic carbocycles. The monoisotopic (exact) mass is 310 g/mol. The number of hydrogen-bond donors (Lipinski definition) is 2. The summed E-state index contributed by atoms with van der Waals surface area (Å²) in [7, 11) is 0. The van der Waals surface area contributed by atoms with Crippen LogP contribution in [0, 0.1) is 10.1 Å². The van der Waals surface area contributed by atoms with Gasteiger partial charge in [-0.25, -0.2) is 8.78 Å². The largest absolute Gasteiger partial charge is 0.372 e. The Morgan fingerprint density at radius 3 is 2.76 bits per heavy atom. The Morgan fingerprint density at radius 1 is 1.59 bits per heavy atom. The standard InChI is InChI=1S/C8H9BrF2N4O2/c9-5-1-13-2-6(15(16)17)7(5)14-4-8(10,11)3-12/h1-2H,3-4,12H2,(H,13,14). The van der Waals surface area contributed by atoms with E-state index in [-0.39, 0.29) is 15.8 Å². The second-order valence-corrected chi connectivity index (χ2v) is 4.04. The molecule has 0 saturated heterocycles. The first-order chi connectivity index (χ1) is 7.87. The Balaban J connectivity index is 2.94. The lowest BCUT2D eigenvalue weighted by Gasteiger charge is -2.15. The number of aromatic nitrogens is 1. The van der Waals surface area contributed by atoms with Gasteiger partial charge in [-0.05, 0) is 15.9 Å². The minimum absolute atomic E-state index is 0.0434. The van der Waals surface area contributed by atoms with E-state index in [1.54, 1.807) is 0 Å². The van der Waals surface area contributed by atoms with Gasteiger partial charge in [0, 0.05) is 6.20 Å². The number of halogens is 3. The van der Waals surface area contributed by atoms with Crippen LogP contribution in [-0.2, 0) is 0 Å². The van der Waals surface area contributed by atoms with Crippen molar-refractivity contribution in [3.8, 4) is 0 Å². The zero-order valence-corrected chi connectivity index (χ0v) is 10.1. The van der Waals surface area contributed by atoms with Crippen LogP contribution in [0.25, 0.3) is 0 Å². The second-order valence-electron chi connectivity index (χ2n) is 3.19. The SMILES string of the molecule is NCC(F)(F)CNc1c(Br)cncc1[N+](=O)[O-]. The summed E-state index contributed by atoms with van der Waals surface area (Å²) < 4.78 is 26.1. The van der Waals surface area contributed by atoms with Crippen LogP contribution >= 0.6 is 15.9 Å². The molecule has 94 valence electrons. The summed E-state index contributed by atoms with van der Waals surface area (Å²) in [5.41, 5.74) is 4.43. The minimum atomic E-state index is -3.13. The van der Waals surface area contributed by atoms with Crippen molar-refractivity contribution >= 4 is 27.3 Å². The van der Waals surface area contributed by atoms with Gasteiger partial charge in [-0.2, -0.15) is 0 Å². The first-order valence-corrected chi connectivity index (χ1v) is 5.26. The maximum absolute atomic E-state index is 12.9. The lowest BCUT2D eigenvalue weighted by atomic mass is 10.3. The third-order valence-electron chi connectivity index (χ3n) is 1.90. The minimum Gasteiger partial charge on any atom is -0.372 e. The Morgan fingerprint density at radius 2 is 2.24 bits per heavy atom. The molecule has 9 heteroatoms. The molecule has 1 rings (SSSR count). The molecule has 0 aliphatic rings. The van der Waals surface area contributed by atoms with E-state index in [0.717, 1.165) is 6.20 Å². The predicted molar refractivity (Wildman–Crippen MR) is 61.1 cm³/mol. The molecule has 0 atom stereocenters. The maximum Gasteiger partial charge on any atom is 0.311 e. The Bertz CT molecular complexity index is 430. The van der Waals surface area contributed by atoms with Crippen molar-refractivity contribution in [1.82, 2.24) is 4.98 Å². The van der Waals surface area contributed by atoms with E-state index in [4.69, 9.17) is 5.73 Å². The molecule has 6 nitrogen and oxygen atoms in total. The van der Waals surface area contributed by atoms with E-state index in [9.17, 15) is 18.9 Å². The van der Waals surface area contributed by atoms with Crippen molar-refractivity contribution in [3.05, 3.63) is 27.0 Å². The third kappa shape index (κ3) is 3.56. The highest BCUT2D eigenvalue weighted by atomic mass is 79.9. The van der Waals surface area contributed by atoms with Gasteiger partial charge in [0.1, 0.15) is 11.9 Å². The first-order valence-electron chi connectivity index (χ1n) is 4.47. The van der Waals surface area contributed by atoms with Gasteiger partial charge >= 0.3 is 5.69 Å². The molecule has 0 spiro atoms. The fourth-order valence-electron chi connectivity index (χ4n) is 1.03. The van der Waals surface area contributed by atoms with Crippen LogP contribution in [0.4, 0.5) is 20.2 Å². The Hall–Kier alpha value is -1.35. The topological polar surface area (TPSA) is 94.1 Å². The average molecular weight is 311 g/mol. The van der Waals surface area contributed by atoms with Gasteiger partial charge in [-0.15, -0.1) is 0 Å². The highest BCUT2D eigenvalue weighted by molar-refractivity contribution is 9.10. The molecule has 17 heavy (non-hydrogen) atoms. The lowest BCUT2D eigenvalue weighted by molar-refractivity contribution is -0.384. The molecule has 1 aromatic heterocycles. The molecule has 0 bridgehead atoms. The Kier molecular flexibility index (Phi) is 4.29. The van der Waals surface area contributed by atoms with Crippen LogP contribution in [0.1, 0.15) is 0 Å². The van der Waals surface area contributed by atoms with Crippen LogP contribution < -0.4 is 11.1 Å². The number of alkyl halides is 2. The number of hydrogen-bond acceptors (Lipinski definition) is 5. The molecule has 1 aromatic rings. The molecular formula is C8H9BrF2N4O2. The smallest absolute Gasteiger partial charge is 0.311 e. The van der Waals surface area contributed by atoms with Gasteiger partial charge in [0.2, 0.25) is 0 Å². The number of rotatable bonds is 5. The normalized spacial score (nSPS) is 11.3. The van der Waals surface area contributed by atoms with Crippen molar-refractivity contribution in [2.75, 3.05) is 18.4 Å². The molecule has 0 saturated carbocycles.